The van der Waals surface area contributed by atoms with Crippen LogP contribution in [0.5, 0.6) is 0 Å². The number of rotatable bonds is 3. The average Bonchev–Trinajstić information content (AvgIpc) is 2.80. The molecule has 4 heteroatoms. The maximum atomic E-state index is 5.50. The Balaban J connectivity index is 1.76. The molecule has 1 unspecified atom stereocenters. The van der Waals surface area contributed by atoms with Gasteiger partial charge in [-0.15, -0.1) is 0 Å². The maximum Gasteiger partial charge on any atom is 0.132 e. The first-order valence-electron chi connectivity index (χ1n) is 6.69. The predicted octanol–water partition coefficient (Wildman–Crippen LogP) is 1.34. The van der Waals surface area contributed by atoms with Crippen LogP contribution in [0, 0.1) is 0 Å². The van der Waals surface area contributed by atoms with E-state index in [0.717, 1.165) is 32.7 Å². The van der Waals surface area contributed by atoms with Crippen molar-refractivity contribution in [3.05, 3.63) is 23.9 Å². The van der Waals surface area contributed by atoms with E-state index in [1.807, 2.05) is 12.3 Å². The zero-order valence-corrected chi connectivity index (χ0v) is 11.2. The van der Waals surface area contributed by atoms with Gasteiger partial charge in [-0.2, -0.15) is 0 Å². The zero-order valence-electron chi connectivity index (χ0n) is 11.2. The minimum absolute atomic E-state index is 0.534. The molecule has 0 saturated carbocycles. The molecule has 2 aliphatic heterocycles. The van der Waals surface area contributed by atoms with Crippen LogP contribution in [0.25, 0.3) is 0 Å². The normalized spacial score (nSPS) is 24.6. The molecule has 1 atom stereocenters. The molecular weight excluding hydrogens is 226 g/mol. The predicted molar refractivity (Wildman–Crippen MR) is 72.1 cm³/mol. The second-order valence-electron chi connectivity index (χ2n) is 5.50. The number of likely N-dealkylation sites (N-methyl/N-ethyl adjacent to an activating group) is 1. The van der Waals surface area contributed by atoms with Crippen molar-refractivity contribution in [1.82, 2.24) is 9.88 Å². The molecule has 18 heavy (non-hydrogen) atoms. The fourth-order valence-corrected chi connectivity index (χ4v) is 2.73. The van der Waals surface area contributed by atoms with E-state index >= 15 is 0 Å². The fraction of sp³-hybridized carbons (Fsp3) is 0.643. The van der Waals surface area contributed by atoms with Gasteiger partial charge in [0.2, 0.25) is 0 Å². The van der Waals surface area contributed by atoms with Gasteiger partial charge in [-0.05, 0) is 26.6 Å². The van der Waals surface area contributed by atoms with Crippen LogP contribution >= 0.6 is 0 Å². The third-order valence-electron chi connectivity index (χ3n) is 4.08. The summed E-state index contributed by atoms with van der Waals surface area (Å²) in [7, 11) is 4.29. The third kappa shape index (κ3) is 2.10. The maximum absolute atomic E-state index is 5.50. The van der Waals surface area contributed by atoms with Gasteiger partial charge in [0.1, 0.15) is 5.82 Å². The minimum atomic E-state index is 0.534. The van der Waals surface area contributed by atoms with Gasteiger partial charge in [-0.1, -0.05) is 6.07 Å². The van der Waals surface area contributed by atoms with Crippen LogP contribution in [0.2, 0.25) is 0 Å². The molecule has 2 fully saturated rings. The number of ether oxygens (including phenoxy) is 1. The second kappa shape index (κ2) is 4.86. The first-order chi connectivity index (χ1) is 8.75. The Morgan fingerprint density at radius 3 is 2.89 bits per heavy atom. The van der Waals surface area contributed by atoms with Gasteiger partial charge in [0.25, 0.3) is 0 Å². The first-order valence-corrected chi connectivity index (χ1v) is 6.69. The lowest BCUT2D eigenvalue weighted by molar-refractivity contribution is 0.193. The molecule has 2 aliphatic rings. The highest BCUT2D eigenvalue weighted by Gasteiger charge is 2.32. The van der Waals surface area contributed by atoms with E-state index in [4.69, 9.17) is 4.74 Å². The van der Waals surface area contributed by atoms with Crippen molar-refractivity contribution in [3.63, 3.8) is 0 Å². The quantitative estimate of drug-likeness (QED) is 0.806. The van der Waals surface area contributed by atoms with Gasteiger partial charge in [-0.3, -0.25) is 0 Å². The van der Waals surface area contributed by atoms with E-state index in [1.54, 1.807) is 0 Å². The van der Waals surface area contributed by atoms with Crippen LogP contribution < -0.4 is 4.90 Å². The number of hydrogen-bond acceptors (Lipinski definition) is 4. The summed E-state index contributed by atoms with van der Waals surface area (Å²) < 4.78 is 5.50. The van der Waals surface area contributed by atoms with Crippen molar-refractivity contribution < 1.29 is 4.74 Å². The molecule has 3 rings (SSSR count). The molecule has 0 N–H and O–H groups in total. The van der Waals surface area contributed by atoms with Crippen LogP contribution in [0.1, 0.15) is 17.9 Å². The molecule has 1 aromatic heterocycles. The Hall–Kier alpha value is -1.13. The Labute approximate surface area is 109 Å². The van der Waals surface area contributed by atoms with E-state index < -0.39 is 0 Å². The van der Waals surface area contributed by atoms with Gasteiger partial charge in [0, 0.05) is 43.4 Å². The van der Waals surface area contributed by atoms with Crippen LogP contribution in [0.4, 0.5) is 5.82 Å². The number of aromatic nitrogens is 1. The summed E-state index contributed by atoms with van der Waals surface area (Å²) in [5.74, 6) is 1.71. The van der Waals surface area contributed by atoms with Crippen LogP contribution in [0.15, 0.2) is 18.3 Å². The highest BCUT2D eigenvalue weighted by molar-refractivity contribution is 5.51. The number of pyridine rings is 1. The molecule has 0 aromatic carbocycles. The Morgan fingerprint density at radius 2 is 2.22 bits per heavy atom. The highest BCUT2D eigenvalue weighted by Crippen LogP contribution is 2.33. The monoisotopic (exact) mass is 247 g/mol. The third-order valence-corrected chi connectivity index (χ3v) is 4.08. The molecule has 4 nitrogen and oxygen atoms in total. The lowest BCUT2D eigenvalue weighted by Crippen LogP contribution is -2.58. The fourth-order valence-electron chi connectivity index (χ4n) is 2.73. The van der Waals surface area contributed by atoms with Gasteiger partial charge in [0.05, 0.1) is 6.61 Å². The molecule has 0 bridgehead atoms. The lowest BCUT2D eigenvalue weighted by Gasteiger charge is -2.44. The minimum Gasteiger partial charge on any atom is -0.381 e. The Bertz CT molecular complexity index is 409. The summed E-state index contributed by atoms with van der Waals surface area (Å²) in [6.45, 7) is 3.91. The van der Waals surface area contributed by atoms with E-state index in [1.165, 1.54) is 11.4 Å². The van der Waals surface area contributed by atoms with E-state index in [-0.39, 0.29) is 0 Å². The summed E-state index contributed by atoms with van der Waals surface area (Å²) in [5, 5.41) is 0. The molecule has 1 aromatic rings. The van der Waals surface area contributed by atoms with Crippen molar-refractivity contribution in [1.29, 1.82) is 0 Å². The standard InChI is InChI=1S/C14H21N3O/c1-16(2)12-8-17(9-12)14-13(4-3-6-15-14)11-5-7-18-10-11/h3-4,6,11-12H,5,7-10H2,1-2H3. The van der Waals surface area contributed by atoms with E-state index in [9.17, 15) is 0 Å². The summed E-state index contributed by atoms with van der Waals surface area (Å²) in [4.78, 5) is 9.27. The molecule has 0 amide bonds. The lowest BCUT2D eigenvalue weighted by atomic mass is 9.97. The van der Waals surface area contributed by atoms with Crippen molar-refractivity contribution in [2.24, 2.45) is 0 Å². The Kier molecular flexibility index (Phi) is 3.22. The van der Waals surface area contributed by atoms with Gasteiger partial charge >= 0.3 is 0 Å². The van der Waals surface area contributed by atoms with E-state index in [0.29, 0.717) is 12.0 Å². The molecule has 3 heterocycles. The topological polar surface area (TPSA) is 28.6 Å². The smallest absolute Gasteiger partial charge is 0.132 e. The Morgan fingerprint density at radius 1 is 1.39 bits per heavy atom. The largest absolute Gasteiger partial charge is 0.381 e. The number of hydrogen-bond donors (Lipinski definition) is 0. The van der Waals surface area contributed by atoms with E-state index in [2.05, 4.69) is 34.9 Å². The van der Waals surface area contributed by atoms with Crippen LogP contribution in [-0.4, -0.2) is 56.3 Å². The highest BCUT2D eigenvalue weighted by atomic mass is 16.5. The van der Waals surface area contributed by atoms with Gasteiger partial charge in [0.15, 0.2) is 0 Å². The van der Waals surface area contributed by atoms with Crippen molar-refractivity contribution in [3.8, 4) is 0 Å². The van der Waals surface area contributed by atoms with Crippen molar-refractivity contribution in [2.45, 2.75) is 18.4 Å². The first kappa shape index (κ1) is 11.9. The summed E-state index contributed by atoms with van der Waals surface area (Å²) in [6, 6.07) is 4.92. The molecule has 2 saturated heterocycles. The summed E-state index contributed by atoms with van der Waals surface area (Å²) in [5.41, 5.74) is 1.37. The summed E-state index contributed by atoms with van der Waals surface area (Å²) in [6.07, 6.45) is 3.03. The van der Waals surface area contributed by atoms with Gasteiger partial charge in [-0.25, -0.2) is 4.98 Å². The van der Waals surface area contributed by atoms with Crippen molar-refractivity contribution >= 4 is 5.82 Å². The SMILES string of the molecule is CN(C)C1CN(c2ncccc2C2CCOC2)C1. The average molecular weight is 247 g/mol. The van der Waals surface area contributed by atoms with Gasteiger partial charge < -0.3 is 14.5 Å². The molecular formula is C14H21N3O. The van der Waals surface area contributed by atoms with Crippen LogP contribution in [0.3, 0.4) is 0 Å². The number of nitrogens with zero attached hydrogens (tertiary/aromatic N) is 3. The zero-order chi connectivity index (χ0) is 12.5. The molecule has 0 spiro atoms. The second-order valence-corrected chi connectivity index (χ2v) is 5.50. The molecule has 0 radical (unpaired) electrons. The molecule has 0 aliphatic carbocycles. The van der Waals surface area contributed by atoms with Crippen molar-refractivity contribution in [2.75, 3.05) is 45.3 Å². The summed E-state index contributed by atoms with van der Waals surface area (Å²) >= 11 is 0. The number of anilines is 1. The molecule has 98 valence electrons. The van der Waals surface area contributed by atoms with Crippen LogP contribution in [-0.2, 0) is 4.74 Å².